The maximum Gasteiger partial charge on any atom is 0.398 e. The van der Waals surface area contributed by atoms with Gasteiger partial charge in [0.2, 0.25) is 0 Å². The smallest absolute Gasteiger partial charge is 0.396 e. The molecule has 2 aromatic rings. The van der Waals surface area contributed by atoms with Crippen molar-refractivity contribution in [3.8, 4) is 0 Å². The predicted molar refractivity (Wildman–Crippen MR) is 163 cm³/mol. The molecular weight excluding hydrogens is 644 g/mol. The van der Waals surface area contributed by atoms with Gasteiger partial charge in [0.1, 0.15) is 12.0 Å². The maximum absolute atomic E-state index is 15.1. The zero-order chi connectivity index (χ0) is 30.5. The van der Waals surface area contributed by atoms with Gasteiger partial charge in [-0.05, 0) is 86.1 Å². The summed E-state index contributed by atoms with van der Waals surface area (Å²) in [5.41, 5.74) is -0.691. The number of rotatable bonds is 7. The van der Waals surface area contributed by atoms with E-state index in [-0.39, 0.29) is 50.6 Å². The van der Waals surface area contributed by atoms with Crippen LogP contribution >= 0.6 is 46.1 Å². The lowest BCUT2D eigenvalue weighted by molar-refractivity contribution is -0.192. The molecule has 6 rings (SSSR count). The fourth-order valence-corrected chi connectivity index (χ4v) is 8.71. The third-order valence-electron chi connectivity index (χ3n) is 9.51. The van der Waals surface area contributed by atoms with E-state index in [0.29, 0.717) is 29.0 Å². The van der Waals surface area contributed by atoms with E-state index in [1.54, 1.807) is 0 Å². The van der Waals surface area contributed by atoms with Crippen molar-refractivity contribution in [3.63, 3.8) is 0 Å². The Morgan fingerprint density at radius 2 is 1.74 bits per heavy atom. The molecule has 0 radical (unpaired) electrons. The van der Waals surface area contributed by atoms with Gasteiger partial charge < -0.3 is 10.2 Å². The normalized spacial score (nSPS) is 26.0. The zero-order valence-corrected chi connectivity index (χ0v) is 26.5. The summed E-state index contributed by atoms with van der Waals surface area (Å²) in [6.45, 7) is -0.270. The highest BCUT2D eigenvalue weighted by Crippen LogP contribution is 2.51. The summed E-state index contributed by atoms with van der Waals surface area (Å²) in [5.74, 6) is 0.486. The highest BCUT2D eigenvalue weighted by molar-refractivity contribution is 7.16. The molecule has 0 spiro atoms. The van der Waals surface area contributed by atoms with Crippen LogP contribution in [0.2, 0.25) is 15.1 Å². The van der Waals surface area contributed by atoms with E-state index in [1.165, 1.54) is 25.0 Å². The van der Waals surface area contributed by atoms with Crippen LogP contribution in [0.4, 0.5) is 13.2 Å². The summed E-state index contributed by atoms with van der Waals surface area (Å²) >= 11 is 19.6. The number of fused-ring (bicyclic) bond motifs is 1. The molecule has 0 bridgehead atoms. The van der Waals surface area contributed by atoms with Crippen molar-refractivity contribution < 1.29 is 27.6 Å². The average molecular weight is 676 g/mol. The van der Waals surface area contributed by atoms with E-state index in [9.17, 15) is 9.59 Å². The first-order valence-corrected chi connectivity index (χ1v) is 16.8. The number of thiophene rings is 1. The van der Waals surface area contributed by atoms with E-state index in [2.05, 4.69) is 10.5 Å². The van der Waals surface area contributed by atoms with Crippen LogP contribution in [-0.2, 0) is 27.9 Å². The molecule has 1 N–H and O–H groups in total. The minimum absolute atomic E-state index is 0.0124. The van der Waals surface area contributed by atoms with E-state index in [1.807, 2.05) is 0 Å². The Hall–Kier alpha value is -1.81. The largest absolute Gasteiger partial charge is 0.398 e. The molecule has 2 fully saturated rings. The lowest BCUT2D eigenvalue weighted by Crippen LogP contribution is -2.44. The van der Waals surface area contributed by atoms with Gasteiger partial charge in [0.15, 0.2) is 5.78 Å². The van der Waals surface area contributed by atoms with Gasteiger partial charge in [0, 0.05) is 18.8 Å². The first-order chi connectivity index (χ1) is 20.5. The first kappa shape index (κ1) is 31.2. The van der Waals surface area contributed by atoms with Gasteiger partial charge in [-0.2, -0.15) is 13.2 Å². The van der Waals surface area contributed by atoms with E-state index < -0.39 is 30.5 Å². The third kappa shape index (κ3) is 6.08. The number of nitrogens with zero attached hydrogens (tertiary/aromatic N) is 1. The molecule has 2 heterocycles. The van der Waals surface area contributed by atoms with Crippen molar-refractivity contribution >= 4 is 63.5 Å². The number of hydrogen-bond donors (Lipinski definition) is 1. The van der Waals surface area contributed by atoms with Crippen LogP contribution < -0.4 is 5.32 Å². The maximum atomic E-state index is 15.1. The summed E-state index contributed by atoms with van der Waals surface area (Å²) in [7, 11) is 0. The molecular formula is C31H32Cl3F3N2O3S. The molecule has 2 saturated carbocycles. The second kappa shape index (κ2) is 12.2. The lowest BCUT2D eigenvalue weighted by atomic mass is 9.72. The molecule has 3 unspecified atom stereocenters. The summed E-state index contributed by atoms with van der Waals surface area (Å²) in [5, 5.41) is 7.00. The Balaban J connectivity index is 1.30. The number of carbonyl (C=O) groups excluding carboxylic acids is 2. The topological polar surface area (TPSA) is 67.8 Å². The number of alkyl halides is 3. The Kier molecular flexibility index (Phi) is 8.83. The molecule has 1 aromatic carbocycles. The SMILES string of the molecule is O=C(NC1CCC(CCC2CC2)C1=O)c1sc(C2=NOCCC(c3cc(Cl)c(Cl)c(Cl)c3)(C(F)(F)F)C2)c2c1CCCC2. The Labute approximate surface area is 267 Å². The van der Waals surface area contributed by atoms with Gasteiger partial charge in [-0.3, -0.25) is 9.59 Å². The van der Waals surface area contributed by atoms with E-state index >= 15 is 13.2 Å². The Morgan fingerprint density at radius 3 is 2.42 bits per heavy atom. The van der Waals surface area contributed by atoms with E-state index in [0.717, 1.165) is 60.5 Å². The second-order valence-corrected chi connectivity index (χ2v) is 14.5. The molecule has 1 aliphatic heterocycles. The molecule has 5 nitrogen and oxygen atoms in total. The standard InChI is InChI=1S/C31H32Cl3F3N2O3S/c32-21-13-18(14-22(33)25(21)34)30(31(35,36)37)11-12-42-39-24(15-30)27-19-3-1-2-4-20(19)28(43-27)29(41)38-23-10-9-17(26(23)40)8-7-16-5-6-16/h13-14,16-17,23H,1-12,15H2,(H,38,41). The number of benzene rings is 1. The summed E-state index contributed by atoms with van der Waals surface area (Å²) in [6, 6.07) is 1.90. The molecule has 12 heteroatoms. The Morgan fingerprint density at radius 1 is 1.05 bits per heavy atom. The molecule has 1 aromatic heterocycles. The molecule has 3 atom stereocenters. The predicted octanol–water partition coefficient (Wildman–Crippen LogP) is 8.87. The highest BCUT2D eigenvalue weighted by Gasteiger charge is 2.57. The first-order valence-electron chi connectivity index (χ1n) is 14.9. The minimum Gasteiger partial charge on any atom is -0.396 e. The van der Waals surface area contributed by atoms with Crippen LogP contribution in [0.3, 0.4) is 0 Å². The van der Waals surface area contributed by atoms with Crippen LogP contribution in [0.5, 0.6) is 0 Å². The lowest BCUT2D eigenvalue weighted by Gasteiger charge is -2.35. The van der Waals surface area contributed by atoms with Crippen molar-refractivity contribution in [1.29, 1.82) is 0 Å². The molecule has 1 amide bonds. The van der Waals surface area contributed by atoms with Crippen LogP contribution in [0, 0.1) is 11.8 Å². The van der Waals surface area contributed by atoms with Gasteiger partial charge in [-0.1, -0.05) is 52.8 Å². The molecule has 4 aliphatic rings. The van der Waals surface area contributed by atoms with Crippen molar-refractivity contribution in [2.75, 3.05) is 6.61 Å². The van der Waals surface area contributed by atoms with Crippen molar-refractivity contribution in [1.82, 2.24) is 5.32 Å². The molecule has 43 heavy (non-hydrogen) atoms. The van der Waals surface area contributed by atoms with Gasteiger partial charge in [0.25, 0.3) is 5.91 Å². The number of amides is 1. The highest BCUT2D eigenvalue weighted by atomic mass is 35.5. The monoisotopic (exact) mass is 674 g/mol. The molecule has 3 aliphatic carbocycles. The zero-order valence-electron chi connectivity index (χ0n) is 23.4. The minimum atomic E-state index is -4.70. The fourth-order valence-electron chi connectivity index (χ4n) is 6.84. The van der Waals surface area contributed by atoms with Gasteiger partial charge in [-0.15, -0.1) is 11.3 Å². The average Bonchev–Trinajstić information content (AvgIpc) is 3.69. The van der Waals surface area contributed by atoms with Crippen LogP contribution in [0.1, 0.15) is 95.4 Å². The van der Waals surface area contributed by atoms with Crippen molar-refractivity contribution in [3.05, 3.63) is 53.6 Å². The van der Waals surface area contributed by atoms with Gasteiger partial charge >= 0.3 is 6.18 Å². The van der Waals surface area contributed by atoms with Crippen LogP contribution in [0.15, 0.2) is 17.3 Å². The number of carbonyl (C=O) groups is 2. The van der Waals surface area contributed by atoms with Crippen molar-refractivity contribution in [2.45, 2.75) is 94.7 Å². The van der Waals surface area contributed by atoms with Crippen LogP contribution in [0.25, 0.3) is 0 Å². The van der Waals surface area contributed by atoms with Crippen LogP contribution in [-0.4, -0.2) is 36.2 Å². The van der Waals surface area contributed by atoms with E-state index in [4.69, 9.17) is 39.6 Å². The summed E-state index contributed by atoms with van der Waals surface area (Å²) in [6.07, 6.45) is 3.19. The molecule has 0 saturated heterocycles. The number of oxime groups is 1. The number of Topliss-reactive ketones (excluding diaryl/α,β-unsaturated/α-hetero) is 1. The van der Waals surface area contributed by atoms with Crippen molar-refractivity contribution in [2.24, 2.45) is 17.0 Å². The number of ketones is 1. The fraction of sp³-hybridized carbons (Fsp3) is 0.581. The quantitative estimate of drug-likeness (QED) is 0.298. The number of nitrogens with one attached hydrogen (secondary N) is 1. The number of halogens is 6. The van der Waals surface area contributed by atoms with Gasteiger partial charge in [0.05, 0.1) is 36.6 Å². The molecule has 232 valence electrons. The summed E-state index contributed by atoms with van der Waals surface area (Å²) in [4.78, 5) is 33.1. The number of hydrogen-bond acceptors (Lipinski definition) is 5. The van der Waals surface area contributed by atoms with Gasteiger partial charge in [-0.25, -0.2) is 0 Å². The summed E-state index contributed by atoms with van der Waals surface area (Å²) < 4.78 is 45.2. The second-order valence-electron chi connectivity index (χ2n) is 12.3. The Bertz CT molecular complexity index is 1450. The third-order valence-corrected chi connectivity index (χ3v) is 12.0.